The predicted molar refractivity (Wildman–Crippen MR) is 90.7 cm³/mol. The van der Waals surface area contributed by atoms with Gasteiger partial charge in [0.1, 0.15) is 0 Å². The van der Waals surface area contributed by atoms with Crippen LogP contribution in [-0.4, -0.2) is 33.5 Å². The average molecular weight is 413 g/mol. The van der Waals surface area contributed by atoms with Crippen LogP contribution in [0.3, 0.4) is 0 Å². The smallest absolute Gasteiger partial charge is 0.248 e. The van der Waals surface area contributed by atoms with Gasteiger partial charge in [-0.15, -0.1) is 12.4 Å². The SMILES string of the molecule is CC1CCNCC1NS(=O)(=O)c1cc(Br)cc(C(N)=O)c1.Cl. The van der Waals surface area contributed by atoms with Crippen molar-refractivity contribution in [3.63, 3.8) is 0 Å². The van der Waals surface area contributed by atoms with Gasteiger partial charge in [-0.1, -0.05) is 22.9 Å². The zero-order valence-electron chi connectivity index (χ0n) is 12.0. The lowest BCUT2D eigenvalue weighted by molar-refractivity contribution is 0.1000. The number of hydrogen-bond donors (Lipinski definition) is 3. The van der Waals surface area contributed by atoms with Crippen LogP contribution in [0.15, 0.2) is 27.6 Å². The van der Waals surface area contributed by atoms with Gasteiger partial charge >= 0.3 is 0 Å². The molecule has 6 nitrogen and oxygen atoms in total. The van der Waals surface area contributed by atoms with E-state index in [0.717, 1.165) is 13.0 Å². The van der Waals surface area contributed by atoms with Gasteiger partial charge in [-0.25, -0.2) is 13.1 Å². The Balaban J connectivity index is 0.00000242. The Morgan fingerprint density at radius 3 is 2.68 bits per heavy atom. The fourth-order valence-corrected chi connectivity index (χ4v) is 4.33. The fourth-order valence-electron chi connectivity index (χ4n) is 2.27. The topological polar surface area (TPSA) is 101 Å². The lowest BCUT2D eigenvalue weighted by atomic mass is 9.96. The normalized spacial score (nSPS) is 21.9. The summed E-state index contributed by atoms with van der Waals surface area (Å²) in [7, 11) is -3.70. The molecule has 1 aromatic carbocycles. The molecule has 0 aromatic heterocycles. The first-order valence-corrected chi connectivity index (χ1v) is 8.90. The molecule has 2 atom stereocenters. The van der Waals surface area contributed by atoms with Crippen LogP contribution in [0, 0.1) is 5.92 Å². The van der Waals surface area contributed by atoms with Crippen LogP contribution in [0.4, 0.5) is 0 Å². The van der Waals surface area contributed by atoms with Crippen molar-refractivity contribution in [2.45, 2.75) is 24.3 Å². The van der Waals surface area contributed by atoms with Crippen LogP contribution < -0.4 is 15.8 Å². The molecule has 0 spiro atoms. The Kier molecular flexibility index (Phi) is 6.82. The van der Waals surface area contributed by atoms with Crippen molar-refractivity contribution >= 4 is 44.3 Å². The summed E-state index contributed by atoms with van der Waals surface area (Å²) >= 11 is 3.20. The van der Waals surface area contributed by atoms with E-state index in [-0.39, 0.29) is 34.8 Å². The largest absolute Gasteiger partial charge is 0.366 e. The number of piperidine rings is 1. The van der Waals surface area contributed by atoms with E-state index in [1.165, 1.54) is 18.2 Å². The zero-order valence-corrected chi connectivity index (χ0v) is 15.2. The fraction of sp³-hybridized carbons (Fsp3) is 0.462. The molecule has 4 N–H and O–H groups in total. The molecule has 0 bridgehead atoms. The number of amides is 1. The highest BCUT2D eigenvalue weighted by Crippen LogP contribution is 2.21. The molecule has 1 aliphatic heterocycles. The molecule has 1 saturated heterocycles. The molecule has 2 rings (SSSR count). The van der Waals surface area contributed by atoms with Crippen molar-refractivity contribution in [3.05, 3.63) is 28.2 Å². The summed E-state index contributed by atoms with van der Waals surface area (Å²) in [5, 5.41) is 3.17. The van der Waals surface area contributed by atoms with Crippen molar-refractivity contribution in [1.82, 2.24) is 10.0 Å². The van der Waals surface area contributed by atoms with E-state index in [1.807, 2.05) is 6.92 Å². The number of nitrogens with one attached hydrogen (secondary N) is 2. The summed E-state index contributed by atoms with van der Waals surface area (Å²) in [5.41, 5.74) is 5.37. The minimum atomic E-state index is -3.70. The summed E-state index contributed by atoms with van der Waals surface area (Å²) in [6.07, 6.45) is 0.915. The number of sulfonamides is 1. The van der Waals surface area contributed by atoms with Gasteiger partial charge in [0, 0.05) is 22.6 Å². The Bertz CT molecular complexity index is 654. The highest BCUT2D eigenvalue weighted by Gasteiger charge is 2.27. The first kappa shape index (κ1) is 19.4. The van der Waals surface area contributed by atoms with Gasteiger partial charge in [0.2, 0.25) is 15.9 Å². The number of carbonyl (C=O) groups is 1. The van der Waals surface area contributed by atoms with Crippen LogP contribution in [0.25, 0.3) is 0 Å². The van der Waals surface area contributed by atoms with E-state index in [0.29, 0.717) is 11.0 Å². The Morgan fingerprint density at radius 1 is 1.41 bits per heavy atom. The van der Waals surface area contributed by atoms with Gasteiger partial charge < -0.3 is 11.1 Å². The monoisotopic (exact) mass is 411 g/mol. The Hall–Kier alpha value is -0.670. The third-order valence-corrected chi connectivity index (χ3v) is 5.53. The average Bonchev–Trinajstić information content (AvgIpc) is 2.40. The second kappa shape index (κ2) is 7.74. The molecular formula is C13H19BrClN3O3S. The van der Waals surface area contributed by atoms with Crippen molar-refractivity contribution < 1.29 is 13.2 Å². The molecule has 124 valence electrons. The van der Waals surface area contributed by atoms with Crippen molar-refractivity contribution in [1.29, 1.82) is 0 Å². The number of carbonyl (C=O) groups excluding carboxylic acids is 1. The van der Waals surface area contributed by atoms with Crippen molar-refractivity contribution in [2.24, 2.45) is 11.7 Å². The van der Waals surface area contributed by atoms with E-state index in [1.54, 1.807) is 0 Å². The third kappa shape index (κ3) is 4.66. The van der Waals surface area contributed by atoms with E-state index < -0.39 is 15.9 Å². The molecule has 2 unspecified atom stereocenters. The maximum absolute atomic E-state index is 12.5. The zero-order chi connectivity index (χ0) is 15.6. The molecule has 1 aliphatic rings. The van der Waals surface area contributed by atoms with E-state index in [2.05, 4.69) is 26.0 Å². The summed E-state index contributed by atoms with van der Waals surface area (Å²) in [6, 6.07) is 4.07. The van der Waals surface area contributed by atoms with Crippen molar-refractivity contribution in [3.8, 4) is 0 Å². The molecule has 1 amide bonds. The molecule has 0 radical (unpaired) electrons. The van der Waals surface area contributed by atoms with Crippen LogP contribution in [-0.2, 0) is 10.0 Å². The highest BCUT2D eigenvalue weighted by atomic mass is 79.9. The van der Waals surface area contributed by atoms with E-state index in [9.17, 15) is 13.2 Å². The number of rotatable bonds is 4. The maximum atomic E-state index is 12.5. The minimum absolute atomic E-state index is 0. The molecular weight excluding hydrogens is 394 g/mol. The Labute approximate surface area is 144 Å². The molecule has 1 heterocycles. The number of nitrogens with two attached hydrogens (primary N) is 1. The molecule has 22 heavy (non-hydrogen) atoms. The first-order valence-electron chi connectivity index (χ1n) is 6.63. The second-order valence-electron chi connectivity index (χ2n) is 5.24. The minimum Gasteiger partial charge on any atom is -0.366 e. The van der Waals surface area contributed by atoms with Gasteiger partial charge in [0.05, 0.1) is 4.90 Å². The lowest BCUT2D eigenvalue weighted by Gasteiger charge is -2.30. The first-order chi connectivity index (χ1) is 9.79. The van der Waals surface area contributed by atoms with Gasteiger partial charge in [-0.2, -0.15) is 0 Å². The van der Waals surface area contributed by atoms with Crippen LogP contribution in [0.2, 0.25) is 0 Å². The Morgan fingerprint density at radius 2 is 2.09 bits per heavy atom. The van der Waals surface area contributed by atoms with Crippen molar-refractivity contribution in [2.75, 3.05) is 13.1 Å². The summed E-state index contributed by atoms with van der Waals surface area (Å²) < 4.78 is 28.1. The third-order valence-electron chi connectivity index (χ3n) is 3.60. The summed E-state index contributed by atoms with van der Waals surface area (Å²) in [6.45, 7) is 3.50. The molecule has 0 saturated carbocycles. The van der Waals surface area contributed by atoms with Crippen LogP contribution in [0.5, 0.6) is 0 Å². The summed E-state index contributed by atoms with van der Waals surface area (Å²) in [4.78, 5) is 11.3. The molecule has 1 fully saturated rings. The van der Waals surface area contributed by atoms with Gasteiger partial charge in [-0.3, -0.25) is 4.79 Å². The molecule has 1 aromatic rings. The maximum Gasteiger partial charge on any atom is 0.248 e. The van der Waals surface area contributed by atoms with Crippen LogP contribution >= 0.6 is 28.3 Å². The number of primary amides is 1. The number of halogens is 2. The number of hydrogen-bond acceptors (Lipinski definition) is 4. The van der Waals surface area contributed by atoms with Gasteiger partial charge in [-0.05, 0) is 37.1 Å². The van der Waals surface area contributed by atoms with Gasteiger partial charge in [0.15, 0.2) is 0 Å². The standard InChI is InChI=1S/C13H18BrN3O3S.ClH/c1-8-2-3-16-7-12(8)17-21(19,20)11-5-9(13(15)18)4-10(14)6-11;/h4-6,8,12,16-17H,2-3,7H2,1H3,(H2,15,18);1H. The van der Waals surface area contributed by atoms with E-state index in [4.69, 9.17) is 5.73 Å². The predicted octanol–water partition coefficient (Wildman–Crippen LogP) is 1.25. The van der Waals surface area contributed by atoms with Crippen LogP contribution in [0.1, 0.15) is 23.7 Å². The lowest BCUT2D eigenvalue weighted by Crippen LogP contribution is -2.50. The summed E-state index contributed by atoms with van der Waals surface area (Å²) in [5.74, 6) is -0.413. The number of benzene rings is 1. The van der Waals surface area contributed by atoms with E-state index >= 15 is 0 Å². The van der Waals surface area contributed by atoms with Gasteiger partial charge in [0.25, 0.3) is 0 Å². The second-order valence-corrected chi connectivity index (χ2v) is 7.87. The molecule has 0 aliphatic carbocycles. The highest BCUT2D eigenvalue weighted by molar-refractivity contribution is 9.10. The quantitative estimate of drug-likeness (QED) is 0.692. The molecule has 9 heteroatoms.